The highest BCUT2D eigenvalue weighted by atomic mass is 35.5. The average Bonchev–Trinajstić information content (AvgIpc) is 3.37. The van der Waals surface area contributed by atoms with E-state index in [4.69, 9.17) is 30.5 Å². The highest BCUT2D eigenvalue weighted by molar-refractivity contribution is 6.31. The number of ether oxygens (including phenoxy) is 4. The summed E-state index contributed by atoms with van der Waals surface area (Å²) in [5.74, 6) is -2.63. The van der Waals surface area contributed by atoms with Crippen LogP contribution in [0.3, 0.4) is 0 Å². The Labute approximate surface area is 236 Å². The lowest BCUT2D eigenvalue weighted by atomic mass is 9.93. The standard InChI is InChI=1S/C30H28ClNO8/c1-4-39-30(36)40-28(34)22-17-24(29(35)38-3)32(26(22)21-10-5-7-11-23(21)31)27(33)19-15-13-18(14-16-19)20-9-6-8-12-25(20)37-2/h5-16,22,24,26H,4,17H2,1-3H3/t22-,24-,26-/m0/s1. The minimum Gasteiger partial charge on any atom is -0.496 e. The van der Waals surface area contributed by atoms with Gasteiger partial charge in [-0.25, -0.2) is 9.59 Å². The Morgan fingerprint density at radius 2 is 1.57 bits per heavy atom. The summed E-state index contributed by atoms with van der Waals surface area (Å²) in [7, 11) is 2.77. The number of carbonyl (C=O) groups is 4. The number of carbonyl (C=O) groups excluding carboxylic acids is 4. The van der Waals surface area contributed by atoms with Crippen molar-refractivity contribution in [2.45, 2.75) is 25.4 Å². The summed E-state index contributed by atoms with van der Waals surface area (Å²) in [4.78, 5) is 53.4. The van der Waals surface area contributed by atoms with E-state index in [-0.39, 0.29) is 23.6 Å². The van der Waals surface area contributed by atoms with E-state index in [1.165, 1.54) is 12.0 Å². The van der Waals surface area contributed by atoms with Crippen molar-refractivity contribution in [1.82, 2.24) is 4.90 Å². The van der Waals surface area contributed by atoms with E-state index < -0.39 is 42.0 Å². The van der Waals surface area contributed by atoms with Crippen LogP contribution in [0.2, 0.25) is 5.02 Å². The second kappa shape index (κ2) is 12.7. The highest BCUT2D eigenvalue weighted by Crippen LogP contribution is 2.45. The number of para-hydroxylation sites is 1. The predicted octanol–water partition coefficient (Wildman–Crippen LogP) is 5.46. The number of likely N-dealkylation sites (tertiary alicyclic amines) is 1. The summed E-state index contributed by atoms with van der Waals surface area (Å²) in [6.45, 7) is 1.58. The maximum atomic E-state index is 14.0. The zero-order valence-electron chi connectivity index (χ0n) is 22.2. The fourth-order valence-corrected chi connectivity index (χ4v) is 5.17. The number of benzene rings is 3. The quantitative estimate of drug-likeness (QED) is 0.274. The number of hydrogen-bond acceptors (Lipinski definition) is 8. The fourth-order valence-electron chi connectivity index (χ4n) is 4.92. The molecule has 0 bridgehead atoms. The van der Waals surface area contributed by atoms with Gasteiger partial charge in [-0.05, 0) is 48.7 Å². The van der Waals surface area contributed by atoms with E-state index in [1.54, 1.807) is 62.6 Å². The normalized spacial score (nSPS) is 18.1. The summed E-state index contributed by atoms with van der Waals surface area (Å²) in [5, 5.41) is 0.274. The van der Waals surface area contributed by atoms with Crippen LogP contribution in [-0.2, 0) is 23.8 Å². The molecule has 1 aliphatic rings. The molecule has 208 valence electrons. The molecule has 4 rings (SSSR count). The van der Waals surface area contributed by atoms with Crippen LogP contribution in [0.5, 0.6) is 5.75 Å². The van der Waals surface area contributed by atoms with Gasteiger partial charge in [0.2, 0.25) is 0 Å². The van der Waals surface area contributed by atoms with Crippen molar-refractivity contribution in [3.63, 3.8) is 0 Å². The number of nitrogens with zero attached hydrogens (tertiary/aromatic N) is 1. The van der Waals surface area contributed by atoms with Gasteiger partial charge in [0.15, 0.2) is 0 Å². The number of hydrogen-bond donors (Lipinski definition) is 0. The molecule has 1 fully saturated rings. The first-order valence-corrected chi connectivity index (χ1v) is 12.9. The second-order valence-electron chi connectivity index (χ2n) is 8.94. The van der Waals surface area contributed by atoms with Crippen molar-refractivity contribution in [1.29, 1.82) is 0 Å². The molecule has 0 radical (unpaired) electrons. The minimum absolute atomic E-state index is 0.00493. The molecule has 1 heterocycles. The zero-order valence-corrected chi connectivity index (χ0v) is 22.9. The van der Waals surface area contributed by atoms with E-state index in [9.17, 15) is 19.2 Å². The Bertz CT molecular complexity index is 1410. The fraction of sp³-hybridized carbons (Fsp3) is 0.267. The van der Waals surface area contributed by atoms with Gasteiger partial charge in [-0.3, -0.25) is 9.59 Å². The van der Waals surface area contributed by atoms with Crippen molar-refractivity contribution in [2.75, 3.05) is 20.8 Å². The number of amides is 1. The number of esters is 2. The molecule has 0 saturated carbocycles. The van der Waals surface area contributed by atoms with E-state index >= 15 is 0 Å². The monoisotopic (exact) mass is 565 g/mol. The smallest absolute Gasteiger partial charge is 0.496 e. The van der Waals surface area contributed by atoms with Crippen molar-refractivity contribution >= 4 is 35.6 Å². The second-order valence-corrected chi connectivity index (χ2v) is 9.35. The van der Waals surface area contributed by atoms with Gasteiger partial charge in [-0.2, -0.15) is 0 Å². The van der Waals surface area contributed by atoms with Crippen molar-refractivity contribution in [3.8, 4) is 16.9 Å². The summed E-state index contributed by atoms with van der Waals surface area (Å²) in [6.07, 6.45) is -1.32. The van der Waals surface area contributed by atoms with Gasteiger partial charge in [0.05, 0.1) is 32.8 Å². The predicted molar refractivity (Wildman–Crippen MR) is 146 cm³/mol. The molecular formula is C30H28ClNO8. The molecule has 10 heteroatoms. The third-order valence-electron chi connectivity index (χ3n) is 6.72. The van der Waals surface area contributed by atoms with E-state index in [2.05, 4.69) is 0 Å². The maximum absolute atomic E-state index is 14.0. The van der Waals surface area contributed by atoms with E-state index in [1.807, 2.05) is 24.3 Å². The van der Waals surface area contributed by atoms with Gasteiger partial charge in [-0.15, -0.1) is 0 Å². The minimum atomic E-state index is -1.17. The van der Waals surface area contributed by atoms with Gasteiger partial charge in [0.25, 0.3) is 5.91 Å². The lowest BCUT2D eigenvalue weighted by Gasteiger charge is -2.31. The largest absolute Gasteiger partial charge is 0.516 e. The summed E-state index contributed by atoms with van der Waals surface area (Å²) >= 11 is 6.51. The lowest BCUT2D eigenvalue weighted by Crippen LogP contribution is -2.43. The molecule has 1 amide bonds. The first-order valence-electron chi connectivity index (χ1n) is 12.6. The Morgan fingerprint density at radius 1 is 0.900 bits per heavy atom. The van der Waals surface area contributed by atoms with Gasteiger partial charge in [0.1, 0.15) is 11.8 Å². The maximum Gasteiger partial charge on any atom is 0.516 e. The van der Waals surface area contributed by atoms with Crippen LogP contribution >= 0.6 is 11.6 Å². The van der Waals surface area contributed by atoms with Crippen LogP contribution in [0.4, 0.5) is 4.79 Å². The molecule has 0 aromatic heterocycles. The molecule has 40 heavy (non-hydrogen) atoms. The van der Waals surface area contributed by atoms with Crippen molar-refractivity contribution < 1.29 is 38.1 Å². The summed E-state index contributed by atoms with van der Waals surface area (Å²) in [6, 6.07) is 18.8. The molecular weight excluding hydrogens is 538 g/mol. The molecule has 0 spiro atoms. The van der Waals surface area contributed by atoms with E-state index in [0.717, 1.165) is 11.1 Å². The third-order valence-corrected chi connectivity index (χ3v) is 7.07. The molecule has 0 aliphatic carbocycles. The molecule has 3 atom stereocenters. The first-order chi connectivity index (χ1) is 19.3. The third kappa shape index (κ3) is 5.79. The Kier molecular flexibility index (Phi) is 9.06. The summed E-state index contributed by atoms with van der Waals surface area (Å²) in [5.41, 5.74) is 2.34. The molecule has 3 aromatic rings. The van der Waals surface area contributed by atoms with Crippen LogP contribution in [-0.4, -0.2) is 55.8 Å². The molecule has 9 nitrogen and oxygen atoms in total. The van der Waals surface area contributed by atoms with Crippen LogP contribution in [0.1, 0.15) is 35.3 Å². The molecule has 1 aliphatic heterocycles. The summed E-state index contributed by atoms with van der Waals surface area (Å²) < 4.78 is 20.1. The molecule has 0 N–H and O–H groups in total. The van der Waals surface area contributed by atoms with Gasteiger partial charge >= 0.3 is 18.1 Å². The number of rotatable bonds is 7. The van der Waals surface area contributed by atoms with Crippen molar-refractivity contribution in [3.05, 3.63) is 88.9 Å². The Morgan fingerprint density at radius 3 is 2.23 bits per heavy atom. The molecule has 0 unspecified atom stereocenters. The molecule has 1 saturated heterocycles. The van der Waals surface area contributed by atoms with E-state index in [0.29, 0.717) is 11.3 Å². The van der Waals surface area contributed by atoms with Crippen LogP contribution in [0.15, 0.2) is 72.8 Å². The lowest BCUT2D eigenvalue weighted by molar-refractivity contribution is -0.145. The number of halogens is 1. The Balaban J connectivity index is 1.76. The SMILES string of the molecule is CCOC(=O)OC(=O)[C@H]1C[C@@H](C(=O)OC)N(C(=O)c2ccc(-c3ccccc3OC)cc2)[C@H]1c1ccccc1Cl. The van der Waals surface area contributed by atoms with Crippen LogP contribution < -0.4 is 4.74 Å². The highest BCUT2D eigenvalue weighted by Gasteiger charge is 2.52. The average molecular weight is 566 g/mol. The molecule has 3 aromatic carbocycles. The van der Waals surface area contributed by atoms with Crippen LogP contribution in [0.25, 0.3) is 11.1 Å². The van der Waals surface area contributed by atoms with Crippen molar-refractivity contribution in [2.24, 2.45) is 5.92 Å². The van der Waals surface area contributed by atoms with Gasteiger partial charge in [0, 0.05) is 16.1 Å². The van der Waals surface area contributed by atoms with Crippen LogP contribution in [0, 0.1) is 5.92 Å². The zero-order chi connectivity index (χ0) is 28.8. The van der Waals surface area contributed by atoms with Gasteiger partial charge < -0.3 is 23.8 Å². The Hall–Kier alpha value is -4.37. The van der Waals surface area contributed by atoms with Gasteiger partial charge in [-0.1, -0.05) is 60.1 Å². The first kappa shape index (κ1) is 28.6. The topological polar surface area (TPSA) is 108 Å². The number of methoxy groups -OCH3 is 2.